The molecule has 0 bridgehead atoms. The van der Waals surface area contributed by atoms with E-state index in [4.69, 9.17) is 0 Å². The van der Waals surface area contributed by atoms with Crippen molar-refractivity contribution in [3.05, 3.63) is 12.3 Å². The monoisotopic (exact) mass is 222 g/mol. The number of hydrogen-bond acceptors (Lipinski definition) is 3. The Bertz CT molecular complexity index is 317. The first-order chi connectivity index (χ1) is 7.84. The van der Waals surface area contributed by atoms with Crippen molar-refractivity contribution < 1.29 is 4.79 Å². The number of rotatable bonds is 4. The van der Waals surface area contributed by atoms with Crippen molar-refractivity contribution in [1.29, 1.82) is 0 Å². The highest BCUT2D eigenvalue weighted by atomic mass is 16.1. The van der Waals surface area contributed by atoms with Gasteiger partial charge >= 0.3 is 0 Å². The Morgan fingerprint density at radius 1 is 1.44 bits per heavy atom. The summed E-state index contributed by atoms with van der Waals surface area (Å²) in [6.07, 6.45) is 6.04. The number of anilines is 1. The maximum atomic E-state index is 11.6. The average Bonchev–Trinajstić information content (AvgIpc) is 2.81. The van der Waals surface area contributed by atoms with E-state index in [0.29, 0.717) is 12.2 Å². The number of likely N-dealkylation sites (tertiary alicyclic amines) is 1. The van der Waals surface area contributed by atoms with E-state index in [1.165, 1.54) is 19.3 Å². The van der Waals surface area contributed by atoms with Crippen molar-refractivity contribution in [3.8, 4) is 0 Å². The van der Waals surface area contributed by atoms with Gasteiger partial charge in [-0.15, -0.1) is 0 Å². The molecule has 1 aliphatic heterocycles. The zero-order valence-corrected chi connectivity index (χ0v) is 9.41. The Hall–Kier alpha value is -1.36. The number of piperidine rings is 1. The predicted octanol–water partition coefficient (Wildman–Crippen LogP) is 1.22. The van der Waals surface area contributed by atoms with Crippen LogP contribution in [0.3, 0.4) is 0 Å². The number of nitrogens with one attached hydrogen (secondary N) is 2. The average molecular weight is 222 g/mol. The molecule has 2 N–H and O–H groups in total. The SMILES string of the molecule is O=C(CCN1CCCCC1)Nc1ccn[nH]1. The summed E-state index contributed by atoms with van der Waals surface area (Å²) in [5, 5.41) is 9.26. The standard InChI is InChI=1S/C11H18N4O/c16-11(13-10-4-6-12-14-10)5-9-15-7-2-1-3-8-15/h4,6H,1-3,5,7-9H2,(H2,12,13,14,16). The number of aromatic amines is 1. The fourth-order valence-electron chi connectivity index (χ4n) is 1.98. The van der Waals surface area contributed by atoms with E-state index in [-0.39, 0.29) is 5.91 Å². The molecule has 88 valence electrons. The molecule has 0 aliphatic carbocycles. The molecule has 1 saturated heterocycles. The van der Waals surface area contributed by atoms with Gasteiger partial charge in [-0.2, -0.15) is 5.10 Å². The smallest absolute Gasteiger partial charge is 0.226 e. The molecule has 1 amide bonds. The van der Waals surface area contributed by atoms with Crippen molar-refractivity contribution in [2.75, 3.05) is 25.0 Å². The summed E-state index contributed by atoms with van der Waals surface area (Å²) >= 11 is 0. The number of hydrogen-bond donors (Lipinski definition) is 2. The van der Waals surface area contributed by atoms with Gasteiger partial charge in [0, 0.05) is 19.0 Å². The highest BCUT2D eigenvalue weighted by molar-refractivity contribution is 5.89. The summed E-state index contributed by atoms with van der Waals surface area (Å²) in [6.45, 7) is 3.13. The second-order valence-corrected chi connectivity index (χ2v) is 4.17. The van der Waals surface area contributed by atoms with Crippen molar-refractivity contribution in [2.45, 2.75) is 25.7 Å². The van der Waals surface area contributed by atoms with E-state index in [1.54, 1.807) is 12.3 Å². The maximum absolute atomic E-state index is 11.6. The predicted molar refractivity (Wildman–Crippen MR) is 62.1 cm³/mol. The molecule has 2 heterocycles. The topological polar surface area (TPSA) is 61.0 Å². The number of carbonyl (C=O) groups is 1. The lowest BCUT2D eigenvalue weighted by Gasteiger charge is -2.25. The third-order valence-corrected chi connectivity index (χ3v) is 2.88. The maximum Gasteiger partial charge on any atom is 0.226 e. The Kier molecular flexibility index (Phi) is 3.93. The van der Waals surface area contributed by atoms with Gasteiger partial charge in [-0.25, -0.2) is 0 Å². The fraction of sp³-hybridized carbons (Fsp3) is 0.636. The van der Waals surface area contributed by atoms with Crippen LogP contribution in [0.1, 0.15) is 25.7 Å². The van der Waals surface area contributed by atoms with E-state index < -0.39 is 0 Å². The number of nitrogens with zero attached hydrogens (tertiary/aromatic N) is 2. The minimum absolute atomic E-state index is 0.0508. The van der Waals surface area contributed by atoms with Crippen LogP contribution in [0.5, 0.6) is 0 Å². The summed E-state index contributed by atoms with van der Waals surface area (Å²) in [4.78, 5) is 13.9. The highest BCUT2D eigenvalue weighted by Crippen LogP contribution is 2.09. The minimum atomic E-state index is 0.0508. The van der Waals surface area contributed by atoms with E-state index in [0.717, 1.165) is 19.6 Å². The van der Waals surface area contributed by atoms with Crippen molar-refractivity contribution in [3.63, 3.8) is 0 Å². The highest BCUT2D eigenvalue weighted by Gasteiger charge is 2.11. The number of carbonyl (C=O) groups excluding carboxylic acids is 1. The van der Waals surface area contributed by atoms with Crippen molar-refractivity contribution in [1.82, 2.24) is 15.1 Å². The van der Waals surface area contributed by atoms with Gasteiger partial charge in [0.2, 0.25) is 5.91 Å². The van der Waals surface area contributed by atoms with Gasteiger partial charge < -0.3 is 10.2 Å². The van der Waals surface area contributed by atoms with Crippen LogP contribution in [0.15, 0.2) is 12.3 Å². The Balaban J connectivity index is 1.67. The normalized spacial score (nSPS) is 17.2. The van der Waals surface area contributed by atoms with Crippen LogP contribution in [0.25, 0.3) is 0 Å². The third kappa shape index (κ3) is 3.34. The summed E-state index contributed by atoms with van der Waals surface area (Å²) in [5.41, 5.74) is 0. The summed E-state index contributed by atoms with van der Waals surface area (Å²) in [6, 6.07) is 1.75. The van der Waals surface area contributed by atoms with Crippen LogP contribution in [0.4, 0.5) is 5.82 Å². The first-order valence-electron chi connectivity index (χ1n) is 5.86. The lowest BCUT2D eigenvalue weighted by molar-refractivity contribution is -0.116. The minimum Gasteiger partial charge on any atom is -0.311 e. The first-order valence-corrected chi connectivity index (χ1v) is 5.86. The fourth-order valence-corrected chi connectivity index (χ4v) is 1.98. The molecule has 0 spiro atoms. The Morgan fingerprint density at radius 2 is 2.25 bits per heavy atom. The first kappa shape index (κ1) is 11.1. The van der Waals surface area contributed by atoms with Crippen LogP contribution >= 0.6 is 0 Å². The molecule has 16 heavy (non-hydrogen) atoms. The lowest BCUT2D eigenvalue weighted by atomic mass is 10.1. The molecule has 0 saturated carbocycles. The zero-order valence-electron chi connectivity index (χ0n) is 9.41. The molecule has 5 heteroatoms. The largest absolute Gasteiger partial charge is 0.311 e. The molecule has 2 rings (SSSR count). The molecule has 0 unspecified atom stereocenters. The summed E-state index contributed by atoms with van der Waals surface area (Å²) in [5.74, 6) is 0.721. The summed E-state index contributed by atoms with van der Waals surface area (Å²) in [7, 11) is 0. The van der Waals surface area contributed by atoms with Gasteiger partial charge in [0.1, 0.15) is 5.82 Å². The van der Waals surface area contributed by atoms with Gasteiger partial charge in [-0.3, -0.25) is 9.89 Å². The van der Waals surface area contributed by atoms with Gasteiger partial charge in [0.25, 0.3) is 0 Å². The van der Waals surface area contributed by atoms with Crippen LogP contribution in [-0.4, -0.2) is 40.6 Å². The molecular weight excluding hydrogens is 204 g/mol. The van der Waals surface area contributed by atoms with Crippen LogP contribution in [-0.2, 0) is 4.79 Å². The third-order valence-electron chi connectivity index (χ3n) is 2.88. The van der Waals surface area contributed by atoms with Gasteiger partial charge in [0.05, 0.1) is 6.20 Å². The molecule has 0 aromatic carbocycles. The molecule has 5 nitrogen and oxygen atoms in total. The molecule has 0 radical (unpaired) electrons. The molecule has 1 aromatic rings. The summed E-state index contributed by atoms with van der Waals surface area (Å²) < 4.78 is 0. The van der Waals surface area contributed by atoms with E-state index in [2.05, 4.69) is 20.4 Å². The van der Waals surface area contributed by atoms with E-state index >= 15 is 0 Å². The molecule has 0 atom stereocenters. The van der Waals surface area contributed by atoms with E-state index in [9.17, 15) is 4.79 Å². The van der Waals surface area contributed by atoms with Crippen LogP contribution in [0.2, 0.25) is 0 Å². The quantitative estimate of drug-likeness (QED) is 0.805. The zero-order chi connectivity index (χ0) is 11.2. The second kappa shape index (κ2) is 5.65. The molecule has 1 fully saturated rings. The van der Waals surface area contributed by atoms with Crippen LogP contribution in [0, 0.1) is 0 Å². The van der Waals surface area contributed by atoms with Gasteiger partial charge in [-0.05, 0) is 25.9 Å². The van der Waals surface area contributed by atoms with Crippen LogP contribution < -0.4 is 5.32 Å². The molecule has 1 aliphatic rings. The lowest BCUT2D eigenvalue weighted by Crippen LogP contribution is -2.32. The number of H-pyrrole nitrogens is 1. The number of aromatic nitrogens is 2. The Labute approximate surface area is 95.2 Å². The second-order valence-electron chi connectivity index (χ2n) is 4.17. The molecular formula is C11H18N4O. The van der Waals surface area contributed by atoms with Gasteiger partial charge in [-0.1, -0.05) is 6.42 Å². The van der Waals surface area contributed by atoms with E-state index in [1.807, 2.05) is 0 Å². The van der Waals surface area contributed by atoms with Crippen molar-refractivity contribution >= 4 is 11.7 Å². The number of amides is 1. The van der Waals surface area contributed by atoms with Crippen molar-refractivity contribution in [2.24, 2.45) is 0 Å². The van der Waals surface area contributed by atoms with Gasteiger partial charge in [0.15, 0.2) is 0 Å². The Morgan fingerprint density at radius 3 is 2.94 bits per heavy atom. The molecule has 1 aromatic heterocycles.